The van der Waals surface area contributed by atoms with Crippen molar-refractivity contribution in [1.29, 1.82) is 0 Å². The minimum absolute atomic E-state index is 0.213. The van der Waals surface area contributed by atoms with E-state index in [0.717, 1.165) is 17.0 Å². The predicted octanol–water partition coefficient (Wildman–Crippen LogP) is 1.81. The Labute approximate surface area is 119 Å². The lowest BCUT2D eigenvalue weighted by atomic mass is 10.0. The first-order chi connectivity index (χ1) is 9.90. The summed E-state index contributed by atoms with van der Waals surface area (Å²) in [7, 11) is 0. The Balaban J connectivity index is 2.34. The number of carbonyl (C=O) groups is 2. The monoisotopic (exact) mass is 296 g/mol. The number of rotatable bonds is 3. The van der Waals surface area contributed by atoms with E-state index in [1.807, 2.05) is 0 Å². The molecule has 0 spiro atoms. The van der Waals surface area contributed by atoms with E-state index < -0.39 is 34.3 Å². The number of hydrogen-bond donors (Lipinski definition) is 1. The molecule has 21 heavy (non-hydrogen) atoms. The number of piperidine rings is 1. The number of aliphatic carboxylic acids is 1. The van der Waals surface area contributed by atoms with Gasteiger partial charge in [-0.15, -0.1) is 0 Å². The van der Waals surface area contributed by atoms with E-state index in [0.29, 0.717) is 25.3 Å². The molecule has 2 rings (SSSR count). The SMILES string of the molecule is O=C(O)C1CCCCN1C(=O)c1cc(F)cc([N+](=O)[O-])c1. The molecule has 1 saturated heterocycles. The van der Waals surface area contributed by atoms with Crippen molar-refractivity contribution < 1.29 is 24.0 Å². The number of nitro benzene ring substituents is 1. The Kier molecular flexibility index (Phi) is 4.15. The Bertz CT molecular complexity index is 604. The Morgan fingerprint density at radius 1 is 1.33 bits per heavy atom. The van der Waals surface area contributed by atoms with Crippen molar-refractivity contribution in [3.63, 3.8) is 0 Å². The number of benzene rings is 1. The molecule has 0 radical (unpaired) electrons. The maximum Gasteiger partial charge on any atom is 0.326 e. The molecule has 0 saturated carbocycles. The molecule has 0 aliphatic carbocycles. The second-order valence-electron chi connectivity index (χ2n) is 4.80. The number of carboxylic acids is 1. The molecule has 1 aliphatic heterocycles. The third kappa shape index (κ3) is 3.15. The smallest absolute Gasteiger partial charge is 0.326 e. The highest BCUT2D eigenvalue weighted by molar-refractivity contribution is 5.97. The third-order valence-corrected chi connectivity index (χ3v) is 3.39. The Hall–Kier alpha value is -2.51. The topological polar surface area (TPSA) is 101 Å². The van der Waals surface area contributed by atoms with Gasteiger partial charge in [0.1, 0.15) is 11.9 Å². The van der Waals surface area contributed by atoms with Gasteiger partial charge in [-0.05, 0) is 25.3 Å². The van der Waals surface area contributed by atoms with Gasteiger partial charge in [0, 0.05) is 18.2 Å². The van der Waals surface area contributed by atoms with Gasteiger partial charge in [-0.1, -0.05) is 0 Å². The van der Waals surface area contributed by atoms with Crippen molar-refractivity contribution in [3.8, 4) is 0 Å². The van der Waals surface area contributed by atoms with Crippen LogP contribution in [0.5, 0.6) is 0 Å². The zero-order valence-electron chi connectivity index (χ0n) is 11.0. The van der Waals surface area contributed by atoms with E-state index in [4.69, 9.17) is 5.11 Å². The van der Waals surface area contributed by atoms with Crippen LogP contribution in [0.25, 0.3) is 0 Å². The fourth-order valence-corrected chi connectivity index (χ4v) is 2.40. The van der Waals surface area contributed by atoms with Gasteiger partial charge in [0.15, 0.2) is 0 Å². The summed E-state index contributed by atoms with van der Waals surface area (Å²) in [6, 6.07) is 1.57. The number of nitro groups is 1. The second-order valence-corrected chi connectivity index (χ2v) is 4.80. The molecular formula is C13H13FN2O5. The van der Waals surface area contributed by atoms with Crippen molar-refractivity contribution in [1.82, 2.24) is 4.90 Å². The van der Waals surface area contributed by atoms with Crippen molar-refractivity contribution >= 4 is 17.6 Å². The standard InChI is InChI=1S/C13H13FN2O5/c14-9-5-8(6-10(7-9)16(20)21)12(17)15-4-2-1-3-11(15)13(18)19/h5-7,11H,1-4H2,(H,18,19). The molecular weight excluding hydrogens is 283 g/mol. The minimum Gasteiger partial charge on any atom is -0.480 e. The third-order valence-electron chi connectivity index (χ3n) is 3.39. The van der Waals surface area contributed by atoms with Crippen LogP contribution in [-0.4, -0.2) is 39.4 Å². The van der Waals surface area contributed by atoms with Crippen LogP contribution in [0.4, 0.5) is 10.1 Å². The van der Waals surface area contributed by atoms with E-state index in [1.54, 1.807) is 0 Å². The zero-order valence-corrected chi connectivity index (χ0v) is 11.0. The van der Waals surface area contributed by atoms with Crippen LogP contribution in [0.1, 0.15) is 29.6 Å². The number of non-ortho nitro benzene ring substituents is 1. The largest absolute Gasteiger partial charge is 0.480 e. The second kappa shape index (κ2) is 5.86. The van der Waals surface area contributed by atoms with Gasteiger partial charge >= 0.3 is 5.97 Å². The first kappa shape index (κ1) is 14.9. The molecule has 0 aromatic heterocycles. The lowest BCUT2D eigenvalue weighted by molar-refractivity contribution is -0.385. The summed E-state index contributed by atoms with van der Waals surface area (Å²) in [4.78, 5) is 34.5. The molecule has 1 aromatic carbocycles. The van der Waals surface area contributed by atoms with Gasteiger partial charge in [-0.3, -0.25) is 14.9 Å². The lowest BCUT2D eigenvalue weighted by Crippen LogP contribution is -2.48. The first-order valence-electron chi connectivity index (χ1n) is 6.39. The molecule has 1 aromatic rings. The zero-order chi connectivity index (χ0) is 15.6. The molecule has 1 N–H and O–H groups in total. The molecule has 1 heterocycles. The summed E-state index contributed by atoms with van der Waals surface area (Å²) in [6.45, 7) is 0.236. The average molecular weight is 296 g/mol. The van der Waals surface area contributed by atoms with Gasteiger partial charge in [0.2, 0.25) is 0 Å². The molecule has 1 amide bonds. The highest BCUT2D eigenvalue weighted by Crippen LogP contribution is 2.23. The van der Waals surface area contributed by atoms with Crippen LogP contribution < -0.4 is 0 Å². The van der Waals surface area contributed by atoms with E-state index in [9.17, 15) is 24.1 Å². The van der Waals surface area contributed by atoms with E-state index in [2.05, 4.69) is 0 Å². The van der Waals surface area contributed by atoms with Crippen molar-refractivity contribution in [3.05, 3.63) is 39.7 Å². The fraction of sp³-hybridized carbons (Fsp3) is 0.385. The predicted molar refractivity (Wildman–Crippen MR) is 69.4 cm³/mol. The maximum atomic E-state index is 13.4. The van der Waals surface area contributed by atoms with Crippen LogP contribution in [0.3, 0.4) is 0 Å². The van der Waals surface area contributed by atoms with E-state index >= 15 is 0 Å². The molecule has 0 bridgehead atoms. The summed E-state index contributed by atoms with van der Waals surface area (Å²) in [5, 5.41) is 19.8. The molecule has 112 valence electrons. The van der Waals surface area contributed by atoms with Crippen LogP contribution >= 0.6 is 0 Å². The van der Waals surface area contributed by atoms with E-state index in [-0.39, 0.29) is 12.1 Å². The maximum absolute atomic E-state index is 13.4. The summed E-state index contributed by atoms with van der Waals surface area (Å²) < 4.78 is 13.4. The molecule has 1 unspecified atom stereocenters. The van der Waals surface area contributed by atoms with Crippen molar-refractivity contribution in [2.45, 2.75) is 25.3 Å². The number of likely N-dealkylation sites (tertiary alicyclic amines) is 1. The number of carbonyl (C=O) groups excluding carboxylic acids is 1. The van der Waals surface area contributed by atoms with Crippen LogP contribution in [-0.2, 0) is 4.79 Å². The fourth-order valence-electron chi connectivity index (χ4n) is 2.40. The van der Waals surface area contributed by atoms with Gasteiger partial charge in [0.25, 0.3) is 11.6 Å². The average Bonchev–Trinajstić information content (AvgIpc) is 2.45. The first-order valence-corrected chi connectivity index (χ1v) is 6.39. The van der Waals surface area contributed by atoms with Crippen LogP contribution in [0.15, 0.2) is 18.2 Å². The highest BCUT2D eigenvalue weighted by Gasteiger charge is 2.33. The number of hydrogen-bond acceptors (Lipinski definition) is 4. The number of amides is 1. The number of halogens is 1. The van der Waals surface area contributed by atoms with Crippen LogP contribution in [0.2, 0.25) is 0 Å². The summed E-state index contributed by atoms with van der Waals surface area (Å²) in [5.74, 6) is -2.74. The highest BCUT2D eigenvalue weighted by atomic mass is 19.1. The Morgan fingerprint density at radius 3 is 2.67 bits per heavy atom. The molecule has 1 fully saturated rings. The molecule has 1 atom stereocenters. The van der Waals surface area contributed by atoms with Gasteiger partial charge in [-0.25, -0.2) is 9.18 Å². The van der Waals surface area contributed by atoms with Crippen molar-refractivity contribution in [2.24, 2.45) is 0 Å². The van der Waals surface area contributed by atoms with Gasteiger partial charge in [-0.2, -0.15) is 0 Å². The quantitative estimate of drug-likeness (QED) is 0.677. The Morgan fingerprint density at radius 2 is 2.05 bits per heavy atom. The summed E-state index contributed by atoms with van der Waals surface area (Å²) in [6.07, 6.45) is 1.65. The normalized spacial score (nSPS) is 18.3. The molecule has 1 aliphatic rings. The van der Waals surface area contributed by atoms with Gasteiger partial charge in [0.05, 0.1) is 11.0 Å². The number of carboxylic acid groups (broad SMARTS) is 1. The summed E-state index contributed by atoms with van der Waals surface area (Å²) >= 11 is 0. The van der Waals surface area contributed by atoms with E-state index in [1.165, 1.54) is 0 Å². The molecule has 8 heteroatoms. The molecule has 7 nitrogen and oxygen atoms in total. The van der Waals surface area contributed by atoms with Crippen molar-refractivity contribution in [2.75, 3.05) is 6.54 Å². The summed E-state index contributed by atoms with van der Waals surface area (Å²) in [5.41, 5.74) is -0.753. The minimum atomic E-state index is -1.13. The van der Waals surface area contributed by atoms with Crippen LogP contribution in [0, 0.1) is 15.9 Å². The number of nitrogens with zero attached hydrogens (tertiary/aromatic N) is 2. The van der Waals surface area contributed by atoms with Gasteiger partial charge < -0.3 is 10.0 Å². The lowest BCUT2D eigenvalue weighted by Gasteiger charge is -2.32.